The van der Waals surface area contributed by atoms with Crippen molar-refractivity contribution in [2.75, 3.05) is 9.80 Å². The number of para-hydroxylation sites is 3. The molecule has 242 valence electrons. The minimum absolute atomic E-state index is 0.0579. The van der Waals surface area contributed by atoms with Gasteiger partial charge in [-0.05, 0) is 105 Å². The van der Waals surface area contributed by atoms with Crippen molar-refractivity contribution in [3.63, 3.8) is 0 Å². The molecule has 3 heterocycles. The van der Waals surface area contributed by atoms with Gasteiger partial charge in [0, 0.05) is 54.3 Å². The largest absolute Gasteiger partial charge is 0.311 e. The van der Waals surface area contributed by atoms with Crippen LogP contribution >= 0.6 is 11.3 Å². The fourth-order valence-electron chi connectivity index (χ4n) is 8.64. The molecule has 0 aliphatic carbocycles. The third-order valence-electron chi connectivity index (χ3n) is 10.9. The second-order valence-corrected chi connectivity index (χ2v) is 14.8. The Morgan fingerprint density at radius 3 is 1.65 bits per heavy atom. The zero-order valence-corrected chi connectivity index (χ0v) is 29.1. The molecule has 0 radical (unpaired) electrons. The number of hydrogen-bond donors (Lipinski definition) is 0. The number of fused-ring (bicyclic) bond motifs is 7. The summed E-state index contributed by atoms with van der Waals surface area (Å²) in [6, 6.07) is 69.2. The van der Waals surface area contributed by atoms with E-state index in [2.05, 4.69) is 198 Å². The second kappa shape index (κ2) is 11.6. The van der Waals surface area contributed by atoms with E-state index in [1.165, 1.54) is 81.6 Å². The quantitative estimate of drug-likeness (QED) is 0.171. The topological polar surface area (TPSA) is 6.48 Å². The Kier molecular flexibility index (Phi) is 6.55. The number of hydrogen-bond acceptors (Lipinski definition) is 3. The van der Waals surface area contributed by atoms with Gasteiger partial charge in [0.05, 0.1) is 0 Å². The molecule has 11 rings (SSSR count). The van der Waals surface area contributed by atoms with Crippen molar-refractivity contribution < 1.29 is 0 Å². The SMILES string of the molecule is c1ccc(N2c3ccccc3B3c4c(-c5ccc(-c6ccc7sc8ccccc8c7c6)cc5)cccc4N(c4ccccc4)c4cccc2c43)cc1. The molecule has 0 fully saturated rings. The average molecular weight is 679 g/mol. The molecular formula is C48H31BN2S. The molecule has 0 N–H and O–H groups in total. The van der Waals surface area contributed by atoms with Crippen molar-refractivity contribution in [2.24, 2.45) is 0 Å². The van der Waals surface area contributed by atoms with E-state index in [0.29, 0.717) is 0 Å². The summed E-state index contributed by atoms with van der Waals surface area (Å²) >= 11 is 1.87. The molecule has 0 bridgehead atoms. The normalized spacial score (nSPS) is 12.9. The molecule has 0 spiro atoms. The number of benzene rings is 8. The van der Waals surface area contributed by atoms with Gasteiger partial charge in [0.25, 0.3) is 6.71 Å². The first-order chi connectivity index (χ1) is 25.8. The van der Waals surface area contributed by atoms with Crippen molar-refractivity contribution in [1.82, 2.24) is 0 Å². The minimum atomic E-state index is 0.0579. The Morgan fingerprint density at radius 1 is 0.365 bits per heavy atom. The number of anilines is 6. The van der Waals surface area contributed by atoms with Gasteiger partial charge in [-0.2, -0.15) is 0 Å². The highest BCUT2D eigenvalue weighted by Gasteiger charge is 2.44. The van der Waals surface area contributed by atoms with Gasteiger partial charge in [-0.1, -0.05) is 121 Å². The molecule has 1 aromatic heterocycles. The average Bonchev–Trinajstić information content (AvgIpc) is 3.59. The first-order valence-corrected chi connectivity index (χ1v) is 18.7. The summed E-state index contributed by atoms with van der Waals surface area (Å²) < 4.78 is 2.67. The monoisotopic (exact) mass is 678 g/mol. The summed E-state index contributed by atoms with van der Waals surface area (Å²) in [6.07, 6.45) is 0. The van der Waals surface area contributed by atoms with E-state index in [4.69, 9.17) is 0 Å². The van der Waals surface area contributed by atoms with Gasteiger partial charge >= 0.3 is 0 Å². The Hall–Kier alpha value is -6.36. The van der Waals surface area contributed by atoms with Gasteiger partial charge in [-0.15, -0.1) is 11.3 Å². The van der Waals surface area contributed by atoms with E-state index < -0.39 is 0 Å². The lowest BCUT2D eigenvalue weighted by atomic mass is 9.32. The predicted octanol–water partition coefficient (Wildman–Crippen LogP) is 11.5. The van der Waals surface area contributed by atoms with E-state index in [1.807, 2.05) is 11.3 Å². The first kappa shape index (κ1) is 29.4. The van der Waals surface area contributed by atoms with Crippen LogP contribution in [0.25, 0.3) is 42.4 Å². The summed E-state index contributed by atoms with van der Waals surface area (Å²) in [7, 11) is 0. The van der Waals surface area contributed by atoms with Gasteiger partial charge < -0.3 is 9.80 Å². The van der Waals surface area contributed by atoms with E-state index >= 15 is 0 Å². The van der Waals surface area contributed by atoms with E-state index in [-0.39, 0.29) is 6.71 Å². The third-order valence-corrected chi connectivity index (χ3v) is 12.0. The molecule has 2 nitrogen and oxygen atoms in total. The Bertz CT molecular complexity index is 2790. The highest BCUT2D eigenvalue weighted by Crippen LogP contribution is 2.45. The molecule has 52 heavy (non-hydrogen) atoms. The zero-order valence-electron chi connectivity index (χ0n) is 28.3. The lowest BCUT2D eigenvalue weighted by Crippen LogP contribution is -2.61. The van der Waals surface area contributed by atoms with E-state index in [9.17, 15) is 0 Å². The van der Waals surface area contributed by atoms with Gasteiger partial charge in [-0.25, -0.2) is 0 Å². The molecule has 9 aromatic rings. The molecule has 0 saturated heterocycles. The second-order valence-electron chi connectivity index (χ2n) is 13.7. The van der Waals surface area contributed by atoms with Crippen LogP contribution in [0.2, 0.25) is 0 Å². The molecule has 8 aromatic carbocycles. The first-order valence-electron chi connectivity index (χ1n) is 17.9. The van der Waals surface area contributed by atoms with Crippen molar-refractivity contribution >= 4 is 88.7 Å². The number of nitrogens with zero attached hydrogens (tertiary/aromatic N) is 2. The van der Waals surface area contributed by atoms with Crippen LogP contribution in [0.4, 0.5) is 34.1 Å². The fraction of sp³-hybridized carbons (Fsp3) is 0. The van der Waals surface area contributed by atoms with Gasteiger partial charge in [0.2, 0.25) is 0 Å². The van der Waals surface area contributed by atoms with Crippen molar-refractivity contribution in [1.29, 1.82) is 0 Å². The molecule has 0 atom stereocenters. The summed E-state index contributed by atoms with van der Waals surface area (Å²) in [4.78, 5) is 4.92. The maximum absolute atomic E-state index is 2.47. The number of rotatable bonds is 4. The van der Waals surface area contributed by atoms with Crippen LogP contribution < -0.4 is 26.2 Å². The van der Waals surface area contributed by atoms with Crippen molar-refractivity contribution in [3.8, 4) is 22.3 Å². The minimum Gasteiger partial charge on any atom is -0.311 e. The maximum atomic E-state index is 2.47. The van der Waals surface area contributed by atoms with Crippen molar-refractivity contribution in [3.05, 3.63) is 188 Å². The lowest BCUT2D eigenvalue weighted by Gasteiger charge is -2.44. The van der Waals surface area contributed by atoms with Gasteiger partial charge in [0.1, 0.15) is 0 Å². The third kappa shape index (κ3) is 4.38. The van der Waals surface area contributed by atoms with Crippen LogP contribution in [-0.4, -0.2) is 6.71 Å². The molecule has 2 aliphatic rings. The Labute approximate surface area is 307 Å². The van der Waals surface area contributed by atoms with Crippen LogP contribution in [0, 0.1) is 0 Å². The molecule has 4 heteroatoms. The molecule has 0 unspecified atom stereocenters. The van der Waals surface area contributed by atoms with Gasteiger partial charge in [-0.3, -0.25) is 0 Å². The summed E-state index contributed by atoms with van der Waals surface area (Å²) in [5.41, 5.74) is 16.2. The van der Waals surface area contributed by atoms with E-state index in [0.717, 1.165) is 11.4 Å². The Morgan fingerprint density at radius 2 is 0.904 bits per heavy atom. The summed E-state index contributed by atoms with van der Waals surface area (Å²) in [6.45, 7) is 0.0579. The summed E-state index contributed by atoms with van der Waals surface area (Å²) in [5, 5.41) is 2.66. The van der Waals surface area contributed by atoms with E-state index in [1.54, 1.807) is 0 Å². The maximum Gasteiger partial charge on any atom is 0.252 e. The van der Waals surface area contributed by atoms with Gasteiger partial charge in [0.15, 0.2) is 0 Å². The fourth-order valence-corrected chi connectivity index (χ4v) is 9.72. The highest BCUT2D eigenvalue weighted by atomic mass is 32.1. The highest BCUT2D eigenvalue weighted by molar-refractivity contribution is 7.25. The number of thiophene rings is 1. The Balaban J connectivity index is 1.11. The molecule has 0 amide bonds. The predicted molar refractivity (Wildman–Crippen MR) is 224 cm³/mol. The van der Waals surface area contributed by atoms with Crippen LogP contribution in [-0.2, 0) is 0 Å². The van der Waals surface area contributed by atoms with Crippen LogP contribution in [0.15, 0.2) is 188 Å². The van der Waals surface area contributed by atoms with Crippen LogP contribution in [0.1, 0.15) is 0 Å². The molecule has 2 aliphatic heterocycles. The van der Waals surface area contributed by atoms with Crippen LogP contribution in [0.5, 0.6) is 0 Å². The standard InChI is InChI=1S/C48H31BN2S/c1-3-13-35(14-4-1)50-41-20-9-8-19-40(41)49-47-37(18-11-21-42(47)51(36-15-5-2-6-16-36)44-23-12-22-43(50)48(44)49)33-27-25-32(26-28-33)34-29-30-46-39(31-34)38-17-7-10-24-45(38)52-46/h1-31H. The summed E-state index contributed by atoms with van der Waals surface area (Å²) in [5.74, 6) is 0. The zero-order chi connectivity index (χ0) is 34.2. The van der Waals surface area contributed by atoms with Crippen LogP contribution in [0.3, 0.4) is 0 Å². The molecule has 0 saturated carbocycles. The lowest BCUT2D eigenvalue weighted by molar-refractivity contribution is 1.25. The van der Waals surface area contributed by atoms with Crippen molar-refractivity contribution in [2.45, 2.75) is 0 Å². The molecular weight excluding hydrogens is 647 g/mol. The smallest absolute Gasteiger partial charge is 0.252 e.